The molecule has 0 bridgehead atoms. The predicted octanol–water partition coefficient (Wildman–Crippen LogP) is 3.44. The Morgan fingerprint density at radius 2 is 2.22 bits per heavy atom. The quantitative estimate of drug-likeness (QED) is 0.858. The van der Waals surface area contributed by atoms with Crippen LogP contribution in [0.25, 0.3) is 0 Å². The number of amides is 1. The van der Waals surface area contributed by atoms with Crippen LogP contribution in [0.4, 0.5) is 0 Å². The Hall–Kier alpha value is -0.740. The minimum absolute atomic E-state index is 0.0650. The lowest BCUT2D eigenvalue weighted by Crippen LogP contribution is -2.45. The molecule has 2 rings (SSSR count). The number of phenols is 1. The Balaban J connectivity index is 2.23. The number of hydrogen-bond acceptors (Lipinski definition) is 2. The van der Waals surface area contributed by atoms with Crippen molar-refractivity contribution in [3.8, 4) is 5.75 Å². The molecule has 0 spiro atoms. The van der Waals surface area contributed by atoms with Gasteiger partial charge in [0.1, 0.15) is 5.75 Å². The fraction of sp³-hybridized carbons (Fsp3) is 0.462. The van der Waals surface area contributed by atoms with Crippen molar-refractivity contribution in [2.24, 2.45) is 0 Å². The topological polar surface area (TPSA) is 40.5 Å². The molecule has 0 radical (unpaired) electrons. The van der Waals surface area contributed by atoms with E-state index in [1.54, 1.807) is 6.07 Å². The molecular formula is C13H15BrClNO2. The van der Waals surface area contributed by atoms with Crippen LogP contribution in [0.2, 0.25) is 5.02 Å². The minimum atomic E-state index is -0.0972. The fourth-order valence-electron chi connectivity index (χ4n) is 2.07. The van der Waals surface area contributed by atoms with Crippen molar-refractivity contribution in [1.29, 1.82) is 0 Å². The van der Waals surface area contributed by atoms with E-state index in [4.69, 9.17) is 11.6 Å². The summed E-state index contributed by atoms with van der Waals surface area (Å²) in [4.78, 5) is 14.3. The normalized spacial score (nSPS) is 15.2. The van der Waals surface area contributed by atoms with Crippen molar-refractivity contribution >= 4 is 33.4 Å². The number of nitrogens with zero attached hydrogens (tertiary/aromatic N) is 1. The predicted molar refractivity (Wildman–Crippen MR) is 75.6 cm³/mol. The molecule has 0 atom stereocenters. The van der Waals surface area contributed by atoms with Crippen LogP contribution in [-0.2, 0) is 0 Å². The van der Waals surface area contributed by atoms with Gasteiger partial charge in [-0.1, -0.05) is 27.5 Å². The molecule has 1 amide bonds. The van der Waals surface area contributed by atoms with E-state index in [2.05, 4.69) is 15.9 Å². The maximum atomic E-state index is 12.5. The van der Waals surface area contributed by atoms with Crippen LogP contribution in [0, 0.1) is 0 Å². The Bertz CT molecular complexity index is 449. The Morgan fingerprint density at radius 1 is 1.50 bits per heavy atom. The lowest BCUT2D eigenvalue weighted by Gasteiger charge is -2.37. The fourth-order valence-corrected chi connectivity index (χ4v) is 2.65. The summed E-state index contributed by atoms with van der Waals surface area (Å²) < 4.78 is 0. The molecule has 0 heterocycles. The van der Waals surface area contributed by atoms with Crippen LogP contribution in [0.1, 0.15) is 29.6 Å². The molecule has 1 saturated carbocycles. The van der Waals surface area contributed by atoms with Gasteiger partial charge in [0.15, 0.2) is 0 Å². The van der Waals surface area contributed by atoms with Gasteiger partial charge in [-0.25, -0.2) is 0 Å². The second-order valence-electron chi connectivity index (χ2n) is 4.44. The monoisotopic (exact) mass is 331 g/mol. The number of rotatable bonds is 4. The highest BCUT2D eigenvalue weighted by Gasteiger charge is 2.29. The van der Waals surface area contributed by atoms with Crippen LogP contribution < -0.4 is 0 Å². The van der Waals surface area contributed by atoms with E-state index in [9.17, 15) is 9.90 Å². The van der Waals surface area contributed by atoms with Gasteiger partial charge in [0.25, 0.3) is 5.91 Å². The van der Waals surface area contributed by atoms with Crippen molar-refractivity contribution in [2.45, 2.75) is 25.3 Å². The first-order valence-electron chi connectivity index (χ1n) is 5.99. The van der Waals surface area contributed by atoms with Crippen LogP contribution >= 0.6 is 27.5 Å². The zero-order chi connectivity index (χ0) is 13.1. The summed E-state index contributed by atoms with van der Waals surface area (Å²) >= 11 is 9.40. The van der Waals surface area contributed by atoms with Gasteiger partial charge in [-0.3, -0.25) is 4.79 Å². The summed E-state index contributed by atoms with van der Waals surface area (Å²) in [7, 11) is 0. The number of hydrogen-bond donors (Lipinski definition) is 1. The number of aromatic hydroxyl groups is 1. The lowest BCUT2D eigenvalue weighted by atomic mass is 9.91. The summed E-state index contributed by atoms with van der Waals surface area (Å²) in [5, 5.41) is 10.6. The van der Waals surface area contributed by atoms with Crippen molar-refractivity contribution < 1.29 is 9.90 Å². The second kappa shape index (κ2) is 5.93. The molecule has 98 valence electrons. The molecule has 0 aromatic heterocycles. The van der Waals surface area contributed by atoms with E-state index >= 15 is 0 Å². The van der Waals surface area contributed by atoms with Gasteiger partial charge >= 0.3 is 0 Å². The SMILES string of the molecule is O=C(c1cc(O)ccc1Cl)N(CCBr)C1CCC1. The maximum absolute atomic E-state index is 12.5. The Labute approximate surface area is 120 Å². The molecule has 1 aliphatic rings. The third-order valence-corrected chi connectivity index (χ3v) is 3.97. The standard InChI is InChI=1S/C13H15BrClNO2/c14-6-7-16(9-2-1-3-9)13(18)11-8-10(17)4-5-12(11)15/h4-5,8-9,17H,1-3,6-7H2. The molecule has 0 unspecified atom stereocenters. The molecular weight excluding hydrogens is 318 g/mol. The summed E-state index contributed by atoms with van der Waals surface area (Å²) in [6, 6.07) is 4.78. The molecule has 0 aliphatic heterocycles. The van der Waals surface area contributed by atoms with Crippen molar-refractivity contribution in [1.82, 2.24) is 4.90 Å². The molecule has 5 heteroatoms. The van der Waals surface area contributed by atoms with Crippen LogP contribution in [0.5, 0.6) is 5.75 Å². The van der Waals surface area contributed by atoms with Crippen molar-refractivity contribution in [3.63, 3.8) is 0 Å². The van der Waals surface area contributed by atoms with Crippen LogP contribution in [0.15, 0.2) is 18.2 Å². The van der Waals surface area contributed by atoms with Gasteiger partial charge in [-0.05, 0) is 37.5 Å². The summed E-state index contributed by atoms with van der Waals surface area (Å²) in [5.41, 5.74) is 0.379. The maximum Gasteiger partial charge on any atom is 0.255 e. The largest absolute Gasteiger partial charge is 0.508 e. The number of carbonyl (C=O) groups is 1. The number of halogens is 2. The van der Waals surface area contributed by atoms with E-state index in [0.29, 0.717) is 23.2 Å². The van der Waals surface area contributed by atoms with Gasteiger partial charge in [0, 0.05) is 17.9 Å². The van der Waals surface area contributed by atoms with Gasteiger partial charge in [-0.2, -0.15) is 0 Å². The summed E-state index contributed by atoms with van der Waals surface area (Å²) in [6.07, 6.45) is 3.27. The highest BCUT2D eigenvalue weighted by atomic mass is 79.9. The average Bonchev–Trinajstić information content (AvgIpc) is 2.28. The zero-order valence-corrected chi connectivity index (χ0v) is 12.2. The molecule has 3 nitrogen and oxygen atoms in total. The van der Waals surface area contributed by atoms with E-state index in [-0.39, 0.29) is 11.7 Å². The highest BCUT2D eigenvalue weighted by molar-refractivity contribution is 9.09. The smallest absolute Gasteiger partial charge is 0.255 e. The number of carbonyl (C=O) groups excluding carboxylic acids is 1. The molecule has 1 aromatic rings. The van der Waals surface area contributed by atoms with Gasteiger partial charge in [0.2, 0.25) is 0 Å². The first-order valence-corrected chi connectivity index (χ1v) is 7.49. The van der Waals surface area contributed by atoms with Crippen molar-refractivity contribution in [2.75, 3.05) is 11.9 Å². The van der Waals surface area contributed by atoms with Crippen molar-refractivity contribution in [3.05, 3.63) is 28.8 Å². The number of phenolic OH excluding ortho intramolecular Hbond substituents is 1. The highest BCUT2D eigenvalue weighted by Crippen LogP contribution is 2.29. The summed E-state index contributed by atoms with van der Waals surface area (Å²) in [6.45, 7) is 0.662. The third-order valence-electron chi connectivity index (χ3n) is 3.28. The first-order chi connectivity index (χ1) is 8.63. The average molecular weight is 333 g/mol. The molecule has 1 fully saturated rings. The Kier molecular flexibility index (Phi) is 4.51. The van der Waals surface area contributed by atoms with E-state index in [1.165, 1.54) is 18.6 Å². The van der Waals surface area contributed by atoms with Crippen LogP contribution in [-0.4, -0.2) is 33.8 Å². The molecule has 1 aliphatic carbocycles. The second-order valence-corrected chi connectivity index (χ2v) is 5.64. The van der Waals surface area contributed by atoms with Gasteiger partial charge < -0.3 is 10.0 Å². The minimum Gasteiger partial charge on any atom is -0.508 e. The van der Waals surface area contributed by atoms with E-state index < -0.39 is 0 Å². The molecule has 0 saturated heterocycles. The molecule has 18 heavy (non-hydrogen) atoms. The van der Waals surface area contributed by atoms with E-state index in [0.717, 1.165) is 18.2 Å². The number of alkyl halides is 1. The Morgan fingerprint density at radius 3 is 2.78 bits per heavy atom. The molecule has 1 N–H and O–H groups in total. The molecule has 1 aromatic carbocycles. The third kappa shape index (κ3) is 2.81. The van der Waals surface area contributed by atoms with Crippen LogP contribution in [0.3, 0.4) is 0 Å². The van der Waals surface area contributed by atoms with Gasteiger partial charge in [-0.15, -0.1) is 0 Å². The first kappa shape index (κ1) is 13.7. The summed E-state index contributed by atoms with van der Waals surface area (Å²) in [5.74, 6) is -0.0322. The zero-order valence-electron chi connectivity index (χ0n) is 9.90. The number of benzene rings is 1. The van der Waals surface area contributed by atoms with E-state index in [1.807, 2.05) is 4.90 Å². The lowest BCUT2D eigenvalue weighted by molar-refractivity contribution is 0.0599. The van der Waals surface area contributed by atoms with Gasteiger partial charge in [0.05, 0.1) is 10.6 Å².